The average Bonchev–Trinajstić information content (AvgIpc) is 2.26. The number of fused-ring (bicyclic) bond motifs is 1. The first-order valence-electron chi connectivity index (χ1n) is 4.65. The number of benzene rings is 1. The average molecular weight is 284 g/mol. The molecule has 1 heterocycles. The molecule has 0 atom stereocenters. The van der Waals surface area contributed by atoms with Gasteiger partial charge in [0.2, 0.25) is 0 Å². The minimum absolute atomic E-state index is 0.648. The first kappa shape index (κ1) is 10.6. The fourth-order valence-electron chi connectivity index (χ4n) is 1.33. The van der Waals surface area contributed by atoms with Crippen molar-refractivity contribution in [2.24, 2.45) is 0 Å². The fourth-order valence-corrected chi connectivity index (χ4v) is 1.79. The summed E-state index contributed by atoms with van der Waals surface area (Å²) in [5.41, 5.74) is 0.929. The second kappa shape index (κ2) is 4.77. The standard InChI is InChI=1S/C11H10BrNOS/c12-7-3-6-10-11(15)13-8-4-1-2-5-9(8)14-10/h1-2,4-6H,3,7H2,(H,13,15)/b10-6-. The zero-order chi connectivity index (χ0) is 10.7. The first-order chi connectivity index (χ1) is 7.31. The molecule has 0 bridgehead atoms. The summed E-state index contributed by atoms with van der Waals surface area (Å²) < 4.78 is 5.68. The second-order valence-corrected chi connectivity index (χ2v) is 4.30. The lowest BCUT2D eigenvalue weighted by molar-refractivity contribution is 0.450. The van der Waals surface area contributed by atoms with Gasteiger partial charge in [-0.15, -0.1) is 0 Å². The maximum atomic E-state index is 5.68. The van der Waals surface area contributed by atoms with Gasteiger partial charge in [0, 0.05) is 5.33 Å². The van der Waals surface area contributed by atoms with Gasteiger partial charge in [0.25, 0.3) is 0 Å². The number of rotatable bonds is 2. The molecule has 0 aromatic heterocycles. The highest BCUT2D eigenvalue weighted by atomic mass is 79.9. The van der Waals surface area contributed by atoms with Gasteiger partial charge in [0.15, 0.2) is 11.5 Å². The Bertz CT molecular complexity index is 417. The molecular weight excluding hydrogens is 274 g/mol. The molecule has 0 aliphatic carbocycles. The summed E-state index contributed by atoms with van der Waals surface area (Å²) in [4.78, 5) is 0.648. The lowest BCUT2D eigenvalue weighted by Gasteiger charge is -2.21. The van der Waals surface area contributed by atoms with Gasteiger partial charge < -0.3 is 10.1 Å². The molecule has 0 unspecified atom stereocenters. The van der Waals surface area contributed by atoms with Crippen LogP contribution in [0.25, 0.3) is 0 Å². The summed E-state index contributed by atoms with van der Waals surface area (Å²) in [5.74, 6) is 1.56. The van der Waals surface area contributed by atoms with Crippen molar-refractivity contribution >= 4 is 38.8 Å². The maximum Gasteiger partial charge on any atom is 0.158 e. The number of ether oxygens (including phenoxy) is 1. The van der Waals surface area contributed by atoms with Crippen molar-refractivity contribution in [1.82, 2.24) is 0 Å². The summed E-state index contributed by atoms with van der Waals surface area (Å²) in [6, 6.07) is 7.76. The Morgan fingerprint density at radius 1 is 1.40 bits per heavy atom. The molecular formula is C11H10BrNOS. The SMILES string of the molecule is S=C1Nc2ccccc2O/C1=C\CCBr. The van der Waals surface area contributed by atoms with Crippen LogP contribution >= 0.6 is 28.1 Å². The van der Waals surface area contributed by atoms with E-state index in [1.807, 2.05) is 30.3 Å². The number of alkyl halides is 1. The van der Waals surface area contributed by atoms with E-state index in [9.17, 15) is 0 Å². The largest absolute Gasteiger partial charge is 0.452 e. The number of nitrogens with one attached hydrogen (secondary N) is 1. The van der Waals surface area contributed by atoms with E-state index in [0.29, 0.717) is 4.99 Å². The van der Waals surface area contributed by atoms with Crippen molar-refractivity contribution in [2.75, 3.05) is 10.6 Å². The second-order valence-electron chi connectivity index (χ2n) is 3.10. The number of para-hydroxylation sites is 2. The maximum absolute atomic E-state index is 5.68. The molecule has 1 aliphatic rings. The molecule has 1 aliphatic heterocycles. The van der Waals surface area contributed by atoms with Gasteiger partial charge in [-0.1, -0.05) is 40.3 Å². The molecule has 1 aromatic rings. The number of anilines is 1. The predicted octanol–water partition coefficient (Wildman–Crippen LogP) is 3.49. The number of thiocarbonyl (C=S) groups is 1. The molecule has 4 heteroatoms. The van der Waals surface area contributed by atoms with E-state index in [0.717, 1.165) is 28.9 Å². The van der Waals surface area contributed by atoms with Crippen LogP contribution in [0.15, 0.2) is 36.1 Å². The van der Waals surface area contributed by atoms with Gasteiger partial charge in [-0.2, -0.15) is 0 Å². The summed E-state index contributed by atoms with van der Waals surface area (Å²) in [5, 5.41) is 4.05. The van der Waals surface area contributed by atoms with Gasteiger partial charge in [0.1, 0.15) is 4.99 Å². The van der Waals surface area contributed by atoms with Crippen molar-refractivity contribution in [2.45, 2.75) is 6.42 Å². The summed E-state index contributed by atoms with van der Waals surface area (Å²) in [7, 11) is 0. The molecule has 15 heavy (non-hydrogen) atoms. The molecule has 1 aromatic carbocycles. The van der Waals surface area contributed by atoms with Gasteiger partial charge in [-0.25, -0.2) is 0 Å². The molecule has 0 saturated heterocycles. The fraction of sp³-hybridized carbons (Fsp3) is 0.182. The molecule has 0 fully saturated rings. The van der Waals surface area contributed by atoms with Gasteiger partial charge in [-0.05, 0) is 24.6 Å². The summed E-state index contributed by atoms with van der Waals surface area (Å²) >= 11 is 8.56. The topological polar surface area (TPSA) is 21.3 Å². The number of halogens is 1. The van der Waals surface area contributed by atoms with Crippen LogP contribution in [0.5, 0.6) is 5.75 Å². The van der Waals surface area contributed by atoms with E-state index in [2.05, 4.69) is 21.2 Å². The molecule has 0 spiro atoms. The number of hydrogen-bond acceptors (Lipinski definition) is 2. The Balaban J connectivity index is 2.26. The highest BCUT2D eigenvalue weighted by Gasteiger charge is 2.17. The molecule has 0 saturated carbocycles. The van der Waals surface area contributed by atoms with Gasteiger partial charge in [-0.3, -0.25) is 0 Å². The highest BCUT2D eigenvalue weighted by molar-refractivity contribution is 9.09. The lowest BCUT2D eigenvalue weighted by atomic mass is 10.2. The van der Waals surface area contributed by atoms with E-state index in [1.165, 1.54) is 0 Å². The third-order valence-electron chi connectivity index (χ3n) is 2.02. The van der Waals surface area contributed by atoms with Gasteiger partial charge >= 0.3 is 0 Å². The predicted molar refractivity (Wildman–Crippen MR) is 69.8 cm³/mol. The summed E-state index contributed by atoms with van der Waals surface area (Å²) in [6.07, 6.45) is 2.89. The molecule has 78 valence electrons. The minimum Gasteiger partial charge on any atom is -0.452 e. The van der Waals surface area contributed by atoms with Gasteiger partial charge in [0.05, 0.1) is 5.69 Å². The number of allylic oxidation sites excluding steroid dienone is 1. The van der Waals surface area contributed by atoms with E-state index >= 15 is 0 Å². The lowest BCUT2D eigenvalue weighted by Crippen LogP contribution is -2.21. The van der Waals surface area contributed by atoms with Crippen molar-refractivity contribution in [3.8, 4) is 5.75 Å². The zero-order valence-corrected chi connectivity index (χ0v) is 10.4. The highest BCUT2D eigenvalue weighted by Crippen LogP contribution is 2.30. The first-order valence-corrected chi connectivity index (χ1v) is 6.18. The molecule has 2 rings (SSSR count). The van der Waals surface area contributed by atoms with Crippen LogP contribution in [0, 0.1) is 0 Å². The van der Waals surface area contributed by atoms with Crippen LogP contribution in [0.2, 0.25) is 0 Å². The number of hydrogen-bond donors (Lipinski definition) is 1. The Hall–Kier alpha value is -0.870. The normalized spacial score (nSPS) is 16.9. The van der Waals surface area contributed by atoms with Crippen LogP contribution in [-0.2, 0) is 0 Å². The van der Waals surface area contributed by atoms with E-state index in [4.69, 9.17) is 17.0 Å². The van der Waals surface area contributed by atoms with Crippen LogP contribution in [0.3, 0.4) is 0 Å². The minimum atomic E-state index is 0.648. The van der Waals surface area contributed by atoms with E-state index in [1.54, 1.807) is 0 Å². The van der Waals surface area contributed by atoms with E-state index in [-0.39, 0.29) is 0 Å². The van der Waals surface area contributed by atoms with Crippen molar-refractivity contribution in [3.05, 3.63) is 36.1 Å². The Kier molecular flexibility index (Phi) is 3.38. The van der Waals surface area contributed by atoms with Crippen LogP contribution in [-0.4, -0.2) is 10.3 Å². The molecule has 2 nitrogen and oxygen atoms in total. The third kappa shape index (κ3) is 2.38. The third-order valence-corrected chi connectivity index (χ3v) is 2.78. The smallest absolute Gasteiger partial charge is 0.158 e. The monoisotopic (exact) mass is 283 g/mol. The molecule has 0 radical (unpaired) electrons. The Morgan fingerprint density at radius 2 is 2.20 bits per heavy atom. The Morgan fingerprint density at radius 3 is 3.00 bits per heavy atom. The van der Waals surface area contributed by atoms with Crippen LogP contribution in [0.4, 0.5) is 5.69 Å². The van der Waals surface area contributed by atoms with Crippen LogP contribution in [0.1, 0.15) is 6.42 Å². The zero-order valence-electron chi connectivity index (χ0n) is 8.00. The molecule has 1 N–H and O–H groups in total. The van der Waals surface area contributed by atoms with Crippen molar-refractivity contribution < 1.29 is 4.74 Å². The molecule has 0 amide bonds. The van der Waals surface area contributed by atoms with E-state index < -0.39 is 0 Å². The Labute approximate surface area is 102 Å². The van der Waals surface area contributed by atoms with Crippen LogP contribution < -0.4 is 10.1 Å². The summed E-state index contributed by atoms with van der Waals surface area (Å²) in [6.45, 7) is 0. The van der Waals surface area contributed by atoms with Crippen molar-refractivity contribution in [1.29, 1.82) is 0 Å². The van der Waals surface area contributed by atoms with Crippen molar-refractivity contribution in [3.63, 3.8) is 0 Å². The quantitative estimate of drug-likeness (QED) is 0.510.